The van der Waals surface area contributed by atoms with Crippen LogP contribution in [0.2, 0.25) is 0 Å². The fourth-order valence-electron chi connectivity index (χ4n) is 2.02. The van der Waals surface area contributed by atoms with Crippen molar-refractivity contribution in [2.75, 3.05) is 5.75 Å². The summed E-state index contributed by atoms with van der Waals surface area (Å²) in [5, 5.41) is 9.72. The molecule has 8 heteroatoms. The first-order valence-electron chi connectivity index (χ1n) is 6.95. The average molecular weight is 341 g/mol. The van der Waals surface area contributed by atoms with E-state index in [0.717, 1.165) is 16.8 Å². The molecule has 5 nitrogen and oxygen atoms in total. The van der Waals surface area contributed by atoms with Gasteiger partial charge >= 0.3 is 13.1 Å². The highest BCUT2D eigenvalue weighted by Crippen LogP contribution is 2.39. The summed E-state index contributed by atoms with van der Waals surface area (Å²) < 4.78 is 12.0. The molecule has 0 saturated carbocycles. The summed E-state index contributed by atoms with van der Waals surface area (Å²) in [6.45, 7) is 9.63. The second kappa shape index (κ2) is 6.00. The normalized spacial score (nSPS) is 20.5. The summed E-state index contributed by atoms with van der Waals surface area (Å²) in [5.41, 5.74) is 0.485. The summed E-state index contributed by atoms with van der Waals surface area (Å²) in [5.74, 6) is -0.518. The second-order valence-electron chi connectivity index (χ2n) is 6.24. The van der Waals surface area contributed by atoms with Gasteiger partial charge in [-0.1, -0.05) is 0 Å². The maximum absolute atomic E-state index is 11.1. The number of thiol groups is 1. The summed E-state index contributed by atoms with van der Waals surface area (Å²) >= 11 is 5.48. The number of carboxylic acid groups (broad SMARTS) is 1. The minimum absolute atomic E-state index is 0.249. The van der Waals surface area contributed by atoms with Crippen LogP contribution in [0.1, 0.15) is 48.1 Å². The Morgan fingerprint density at radius 1 is 1.36 bits per heavy atom. The predicted molar refractivity (Wildman–Crippen MR) is 91.7 cm³/mol. The number of carbonyl (C=O) groups is 1. The molecule has 1 aliphatic rings. The van der Waals surface area contributed by atoms with Crippen molar-refractivity contribution in [2.45, 2.75) is 45.8 Å². The zero-order chi connectivity index (χ0) is 16.7. The molecular formula is C14H20BNO4S2. The number of carboxylic acids is 1. The number of thiazole rings is 1. The van der Waals surface area contributed by atoms with Crippen LogP contribution in [0.15, 0.2) is 5.47 Å². The van der Waals surface area contributed by atoms with Crippen molar-refractivity contribution in [3.63, 3.8) is 0 Å². The van der Waals surface area contributed by atoms with Crippen LogP contribution in [0.4, 0.5) is 0 Å². The molecular weight excluding hydrogens is 321 g/mol. The Hall–Kier alpha value is -0.825. The van der Waals surface area contributed by atoms with Crippen molar-refractivity contribution < 1.29 is 19.2 Å². The minimum atomic E-state index is -0.960. The van der Waals surface area contributed by atoms with Gasteiger partial charge in [0.05, 0.1) is 16.9 Å². The molecule has 2 rings (SSSR count). The fraction of sp³-hybridized carbons (Fsp3) is 0.571. The van der Waals surface area contributed by atoms with Gasteiger partial charge in [-0.05, 0) is 46.2 Å². The minimum Gasteiger partial charge on any atom is -0.477 e. The van der Waals surface area contributed by atoms with E-state index in [1.165, 1.54) is 0 Å². The number of rotatable bonds is 4. The first kappa shape index (κ1) is 17.5. The molecule has 22 heavy (non-hydrogen) atoms. The van der Waals surface area contributed by atoms with E-state index in [-0.39, 0.29) is 4.88 Å². The largest absolute Gasteiger partial charge is 0.491 e. The number of hydrogen-bond acceptors (Lipinski definition) is 6. The van der Waals surface area contributed by atoms with Gasteiger partial charge in [-0.2, -0.15) is 12.6 Å². The molecule has 0 radical (unpaired) electrons. The quantitative estimate of drug-likeness (QED) is 0.651. The number of nitrogens with zero attached hydrogens (tertiary/aromatic N) is 1. The van der Waals surface area contributed by atoms with E-state index in [2.05, 4.69) is 17.6 Å². The Labute approximate surface area is 140 Å². The van der Waals surface area contributed by atoms with E-state index >= 15 is 0 Å². The maximum atomic E-state index is 11.1. The third kappa shape index (κ3) is 3.25. The lowest BCUT2D eigenvalue weighted by Crippen LogP contribution is -2.41. The van der Waals surface area contributed by atoms with Gasteiger partial charge in [0.15, 0.2) is 0 Å². The van der Waals surface area contributed by atoms with E-state index in [1.807, 2.05) is 27.7 Å². The molecule has 1 saturated heterocycles. The predicted octanol–water partition coefficient (Wildman–Crippen LogP) is 3.09. The highest BCUT2D eigenvalue weighted by Gasteiger charge is 2.52. The smallest absolute Gasteiger partial charge is 0.477 e. The van der Waals surface area contributed by atoms with Crippen molar-refractivity contribution in [2.24, 2.45) is 0 Å². The molecule has 1 N–H and O–H groups in total. The summed E-state index contributed by atoms with van der Waals surface area (Å²) in [6.07, 6.45) is 1.80. The van der Waals surface area contributed by atoms with E-state index in [1.54, 1.807) is 13.0 Å². The molecule has 0 aliphatic carbocycles. The van der Waals surface area contributed by atoms with Crippen LogP contribution in [-0.2, 0) is 9.31 Å². The molecule has 0 atom stereocenters. The Kier molecular flexibility index (Phi) is 4.78. The van der Waals surface area contributed by atoms with Crippen LogP contribution >= 0.6 is 24.0 Å². The molecule has 1 fully saturated rings. The summed E-state index contributed by atoms with van der Waals surface area (Å²) in [6, 6.07) is 0. The van der Waals surface area contributed by atoms with Crippen molar-refractivity contribution >= 4 is 43.1 Å². The van der Waals surface area contributed by atoms with E-state index < -0.39 is 24.3 Å². The molecule has 0 aromatic carbocycles. The lowest BCUT2D eigenvalue weighted by Gasteiger charge is -2.32. The van der Waals surface area contributed by atoms with Crippen LogP contribution < -0.4 is 0 Å². The van der Waals surface area contributed by atoms with Crippen LogP contribution in [-0.4, -0.2) is 40.1 Å². The fourth-order valence-corrected chi connectivity index (χ4v) is 3.14. The second-order valence-corrected chi connectivity index (χ2v) is 7.58. The average Bonchev–Trinajstić information content (AvgIpc) is 2.84. The molecule has 120 valence electrons. The lowest BCUT2D eigenvalue weighted by molar-refractivity contribution is 0.00578. The molecule has 0 unspecified atom stereocenters. The van der Waals surface area contributed by atoms with Crippen LogP contribution in [0.5, 0.6) is 0 Å². The van der Waals surface area contributed by atoms with Gasteiger partial charge in [-0.3, -0.25) is 0 Å². The molecule has 1 aromatic rings. The first-order valence-corrected chi connectivity index (χ1v) is 8.40. The van der Waals surface area contributed by atoms with Gasteiger partial charge in [0, 0.05) is 5.75 Å². The van der Waals surface area contributed by atoms with Gasteiger partial charge < -0.3 is 14.4 Å². The zero-order valence-corrected chi connectivity index (χ0v) is 15.0. The van der Waals surface area contributed by atoms with Gasteiger partial charge in [0.1, 0.15) is 9.88 Å². The van der Waals surface area contributed by atoms with Crippen LogP contribution in [0.3, 0.4) is 0 Å². The highest BCUT2D eigenvalue weighted by atomic mass is 32.1. The zero-order valence-electron chi connectivity index (χ0n) is 13.3. The monoisotopic (exact) mass is 341 g/mol. The molecule has 0 amide bonds. The van der Waals surface area contributed by atoms with Crippen molar-refractivity contribution in [3.8, 4) is 0 Å². The Morgan fingerprint density at radius 3 is 2.32 bits per heavy atom. The molecule has 1 aromatic heterocycles. The molecule has 2 heterocycles. The van der Waals surface area contributed by atoms with E-state index in [4.69, 9.17) is 14.4 Å². The van der Waals surface area contributed by atoms with E-state index in [9.17, 15) is 4.79 Å². The molecule has 0 spiro atoms. The molecule has 1 aliphatic heterocycles. The van der Waals surface area contributed by atoms with Gasteiger partial charge in [0.25, 0.3) is 0 Å². The molecule has 0 bridgehead atoms. The van der Waals surface area contributed by atoms with Crippen molar-refractivity contribution in [3.05, 3.63) is 21.1 Å². The number of hydrogen-bond donors (Lipinski definition) is 2. The van der Waals surface area contributed by atoms with Crippen molar-refractivity contribution in [1.82, 2.24) is 4.98 Å². The van der Waals surface area contributed by atoms with Crippen molar-refractivity contribution in [1.29, 1.82) is 0 Å². The Bertz CT molecular complexity index is 608. The SMILES string of the molecule is Cc1nc(C=C(CS)B2OC(C)(C)C(C)(C)O2)sc1C(=O)O. The maximum Gasteiger partial charge on any atom is 0.491 e. The lowest BCUT2D eigenvalue weighted by atomic mass is 9.79. The standard InChI is InChI=1S/C14H20BNO4S2/c1-8-11(12(17)18)22-10(16-8)6-9(7-21)15-19-13(2,3)14(4,5)20-15/h6,21H,7H2,1-5H3,(H,17,18). The van der Waals surface area contributed by atoms with Gasteiger partial charge in [-0.25, -0.2) is 9.78 Å². The highest BCUT2D eigenvalue weighted by molar-refractivity contribution is 7.80. The number of aryl methyl sites for hydroxylation is 1. The first-order chi connectivity index (χ1) is 10.1. The Morgan fingerprint density at radius 2 is 1.91 bits per heavy atom. The Balaban J connectivity index is 2.29. The summed E-state index contributed by atoms with van der Waals surface area (Å²) in [4.78, 5) is 15.6. The topological polar surface area (TPSA) is 68.7 Å². The number of aromatic nitrogens is 1. The third-order valence-electron chi connectivity index (χ3n) is 4.05. The van der Waals surface area contributed by atoms with Crippen LogP contribution in [0.25, 0.3) is 6.08 Å². The van der Waals surface area contributed by atoms with Gasteiger partial charge in [0.2, 0.25) is 0 Å². The van der Waals surface area contributed by atoms with Gasteiger partial charge in [-0.15, -0.1) is 11.3 Å². The third-order valence-corrected chi connectivity index (χ3v) is 5.51. The van der Waals surface area contributed by atoms with E-state index in [0.29, 0.717) is 16.5 Å². The van der Waals surface area contributed by atoms with Crippen LogP contribution in [0, 0.1) is 6.92 Å². The summed E-state index contributed by atoms with van der Waals surface area (Å²) in [7, 11) is -0.500. The number of aromatic carboxylic acids is 1.